The van der Waals surface area contributed by atoms with E-state index in [1.54, 1.807) is 6.20 Å². The Kier molecular flexibility index (Phi) is 10.9. The fourth-order valence-corrected chi connectivity index (χ4v) is 5.09. The summed E-state index contributed by atoms with van der Waals surface area (Å²) in [5.41, 5.74) is 7.80. The van der Waals surface area contributed by atoms with Crippen molar-refractivity contribution in [3.05, 3.63) is 204 Å². The highest BCUT2D eigenvalue weighted by Crippen LogP contribution is 2.27. The second kappa shape index (κ2) is 15.9. The van der Waals surface area contributed by atoms with Crippen LogP contribution in [0.1, 0.15) is 65.6 Å². The maximum Gasteiger partial charge on any atom is 0.100 e. The number of aromatic nitrogens is 2. The molecular weight excluding hydrogens is 536 g/mol. The van der Waals surface area contributed by atoms with Crippen LogP contribution in [0.25, 0.3) is 0 Å². The summed E-state index contributed by atoms with van der Waals surface area (Å²) < 4.78 is 0. The number of aliphatic imine (C=N–C) groups is 1. The van der Waals surface area contributed by atoms with Gasteiger partial charge in [0.1, 0.15) is 6.04 Å². The zero-order chi connectivity index (χ0) is 30.4. The molecule has 218 valence electrons. The first-order valence-electron chi connectivity index (χ1n) is 15.0. The van der Waals surface area contributed by atoms with E-state index < -0.39 is 0 Å². The number of nitrogens with one attached hydrogen (secondary N) is 1. The minimum atomic E-state index is -0.00981. The lowest BCUT2D eigenvalue weighted by Gasteiger charge is -2.24. The molecule has 1 N–H and O–H groups in total. The monoisotopic (exact) mass is 574 g/mol. The van der Waals surface area contributed by atoms with Gasteiger partial charge in [-0.2, -0.15) is 0 Å². The van der Waals surface area contributed by atoms with E-state index in [1.165, 1.54) is 22.3 Å². The lowest BCUT2D eigenvalue weighted by atomic mass is 9.97. The number of rotatable bonds is 9. The van der Waals surface area contributed by atoms with Crippen LogP contribution in [0.15, 0.2) is 175 Å². The number of pyridine rings is 2. The second-order valence-corrected chi connectivity index (χ2v) is 10.6. The second-order valence-electron chi connectivity index (χ2n) is 10.6. The molecule has 4 nitrogen and oxygen atoms in total. The van der Waals surface area contributed by atoms with E-state index in [-0.39, 0.29) is 18.1 Å². The molecule has 0 aliphatic carbocycles. The summed E-state index contributed by atoms with van der Waals surface area (Å²) in [5, 5.41) is 3.70. The van der Waals surface area contributed by atoms with Gasteiger partial charge in [0.25, 0.3) is 0 Å². The van der Waals surface area contributed by atoms with Crippen LogP contribution in [0.4, 0.5) is 0 Å². The first-order valence-corrected chi connectivity index (χ1v) is 15.0. The molecule has 0 aliphatic rings. The highest BCUT2D eigenvalue weighted by Gasteiger charge is 2.17. The van der Waals surface area contributed by atoms with Crippen molar-refractivity contribution < 1.29 is 0 Å². The minimum Gasteiger partial charge on any atom is -0.298 e. The van der Waals surface area contributed by atoms with Crippen LogP contribution in [0.5, 0.6) is 0 Å². The topological polar surface area (TPSA) is 50.2 Å². The van der Waals surface area contributed by atoms with Crippen molar-refractivity contribution in [2.75, 3.05) is 0 Å². The van der Waals surface area contributed by atoms with E-state index in [0.29, 0.717) is 0 Å². The fraction of sp³-hybridized carbons (Fsp3) is 0.125. The van der Waals surface area contributed by atoms with Crippen LogP contribution >= 0.6 is 0 Å². The van der Waals surface area contributed by atoms with Gasteiger partial charge in [-0.1, -0.05) is 133 Å². The Morgan fingerprint density at radius 1 is 0.523 bits per heavy atom. The van der Waals surface area contributed by atoms with Gasteiger partial charge in [0.15, 0.2) is 0 Å². The molecule has 44 heavy (non-hydrogen) atoms. The number of benzene rings is 4. The summed E-state index contributed by atoms with van der Waals surface area (Å²) in [6.07, 6.45) is 3.64. The Balaban J connectivity index is 0.000000175. The summed E-state index contributed by atoms with van der Waals surface area (Å²) in [6, 6.07) is 54.1. The van der Waals surface area contributed by atoms with Gasteiger partial charge in [0.2, 0.25) is 0 Å². The van der Waals surface area contributed by atoms with E-state index in [1.807, 2.05) is 67.7 Å². The van der Waals surface area contributed by atoms with Gasteiger partial charge in [0, 0.05) is 18.4 Å². The maximum atomic E-state index is 4.94. The average Bonchev–Trinajstić information content (AvgIpc) is 3.12. The molecule has 2 aromatic heterocycles. The molecule has 0 amide bonds. The molecule has 0 saturated heterocycles. The van der Waals surface area contributed by atoms with Gasteiger partial charge in [0.05, 0.1) is 23.1 Å². The molecule has 0 aliphatic heterocycles. The van der Waals surface area contributed by atoms with Crippen LogP contribution in [0.2, 0.25) is 0 Å². The van der Waals surface area contributed by atoms with Crippen molar-refractivity contribution in [2.24, 2.45) is 4.99 Å². The number of nitrogens with zero attached hydrogens (tertiary/aromatic N) is 3. The third kappa shape index (κ3) is 8.43. The van der Waals surface area contributed by atoms with Crippen LogP contribution < -0.4 is 5.32 Å². The van der Waals surface area contributed by atoms with E-state index in [9.17, 15) is 0 Å². The van der Waals surface area contributed by atoms with Crippen LogP contribution in [0, 0.1) is 0 Å². The molecule has 6 aromatic rings. The Hall–Kier alpha value is -5.19. The van der Waals surface area contributed by atoms with Crippen molar-refractivity contribution in [1.29, 1.82) is 0 Å². The van der Waals surface area contributed by atoms with Crippen molar-refractivity contribution in [3.63, 3.8) is 0 Å². The van der Waals surface area contributed by atoms with Crippen molar-refractivity contribution >= 4 is 5.71 Å². The van der Waals surface area contributed by atoms with Gasteiger partial charge in [-0.15, -0.1) is 0 Å². The van der Waals surface area contributed by atoms with E-state index in [2.05, 4.69) is 125 Å². The number of hydrogen-bond donors (Lipinski definition) is 1. The molecule has 2 heterocycles. The molecule has 0 unspecified atom stereocenters. The van der Waals surface area contributed by atoms with Crippen molar-refractivity contribution in [3.8, 4) is 0 Å². The third-order valence-electron chi connectivity index (χ3n) is 7.40. The summed E-state index contributed by atoms with van der Waals surface area (Å²) in [4.78, 5) is 13.8. The van der Waals surface area contributed by atoms with E-state index in [4.69, 9.17) is 4.99 Å². The summed E-state index contributed by atoms with van der Waals surface area (Å²) in [7, 11) is 0. The van der Waals surface area contributed by atoms with Crippen molar-refractivity contribution in [2.45, 2.75) is 32.0 Å². The quantitative estimate of drug-likeness (QED) is 0.175. The zero-order valence-electron chi connectivity index (χ0n) is 25.2. The largest absolute Gasteiger partial charge is 0.298 e. The van der Waals surface area contributed by atoms with Crippen LogP contribution in [0.3, 0.4) is 0 Å². The molecule has 0 radical (unpaired) electrons. The average molecular weight is 575 g/mol. The molecule has 4 aromatic carbocycles. The normalized spacial score (nSPS) is 12.0. The molecule has 0 saturated carbocycles. The molecule has 4 heteroatoms. The Bertz CT molecular complexity index is 1600. The molecule has 0 fully saturated rings. The Morgan fingerprint density at radius 2 is 0.955 bits per heavy atom. The minimum absolute atomic E-state index is 0.00981. The van der Waals surface area contributed by atoms with Crippen LogP contribution in [-0.2, 0) is 0 Å². The Labute approximate surface area is 261 Å². The first kappa shape index (κ1) is 30.3. The fourth-order valence-electron chi connectivity index (χ4n) is 5.09. The maximum absolute atomic E-state index is 4.94. The summed E-state index contributed by atoms with van der Waals surface area (Å²) >= 11 is 0. The predicted octanol–water partition coefficient (Wildman–Crippen LogP) is 9.20. The molecule has 0 bridgehead atoms. The summed E-state index contributed by atoms with van der Waals surface area (Å²) in [6.45, 7) is 4.17. The van der Waals surface area contributed by atoms with E-state index in [0.717, 1.165) is 17.1 Å². The lowest BCUT2D eigenvalue weighted by molar-refractivity contribution is 0.507. The van der Waals surface area contributed by atoms with Gasteiger partial charge in [-0.05, 0) is 60.4 Å². The smallest absolute Gasteiger partial charge is 0.100 e. The highest BCUT2D eigenvalue weighted by atomic mass is 15.0. The molecular formula is C40H38N4. The molecule has 0 spiro atoms. The highest BCUT2D eigenvalue weighted by molar-refractivity contribution is 5.97. The third-order valence-corrected chi connectivity index (χ3v) is 7.40. The Morgan fingerprint density at radius 3 is 1.39 bits per heavy atom. The van der Waals surface area contributed by atoms with Gasteiger partial charge >= 0.3 is 0 Å². The standard InChI is InChI=1S/C20H20N2.C20H18N2/c2*1-16(19-14-8-9-15-21-19)22-20(17-10-4-2-5-11-17)18-12-6-3-7-13-18/h2-16,20,22H,1H3;2-15,20H,1H3/t16-;/m1./s1. The van der Waals surface area contributed by atoms with Crippen LogP contribution in [-0.4, -0.2) is 15.7 Å². The lowest BCUT2D eigenvalue weighted by Crippen LogP contribution is -2.26. The van der Waals surface area contributed by atoms with E-state index >= 15 is 0 Å². The van der Waals surface area contributed by atoms with Crippen molar-refractivity contribution in [1.82, 2.24) is 15.3 Å². The molecule has 1 atom stereocenters. The van der Waals surface area contributed by atoms with Gasteiger partial charge < -0.3 is 0 Å². The summed E-state index contributed by atoms with van der Waals surface area (Å²) in [5.74, 6) is 0. The van der Waals surface area contributed by atoms with Gasteiger partial charge in [-0.25, -0.2) is 0 Å². The first-order chi connectivity index (χ1) is 21.7. The zero-order valence-corrected chi connectivity index (χ0v) is 25.2. The van der Waals surface area contributed by atoms with Gasteiger partial charge in [-0.3, -0.25) is 20.3 Å². The molecule has 6 rings (SSSR count). The SMILES string of the molecule is CC(=NC(c1ccccc1)c1ccccc1)c1ccccn1.C[C@@H](NC(c1ccccc1)c1ccccc1)c1ccccn1. The number of hydrogen-bond acceptors (Lipinski definition) is 4. The predicted molar refractivity (Wildman–Crippen MR) is 182 cm³/mol.